The Morgan fingerprint density at radius 1 is 1.29 bits per heavy atom. The molecule has 2 nitrogen and oxygen atoms in total. The van der Waals surface area contributed by atoms with Crippen molar-refractivity contribution < 1.29 is 0 Å². The molecule has 1 aliphatic carbocycles. The summed E-state index contributed by atoms with van der Waals surface area (Å²) < 4.78 is 0. The predicted molar refractivity (Wildman–Crippen MR) is 58.7 cm³/mol. The average molecular weight is 208 g/mol. The lowest BCUT2D eigenvalue weighted by molar-refractivity contribution is 0.632. The molecule has 0 atom stereocenters. The van der Waals surface area contributed by atoms with Gasteiger partial charge in [0.25, 0.3) is 0 Å². The van der Waals surface area contributed by atoms with E-state index in [1.807, 2.05) is 11.3 Å². The Kier molecular flexibility index (Phi) is 2.30. The molecule has 1 aromatic rings. The number of rotatable bonds is 1. The van der Waals surface area contributed by atoms with Crippen molar-refractivity contribution in [2.75, 3.05) is 6.54 Å². The Bertz CT molecular complexity index is 303. The van der Waals surface area contributed by atoms with Crippen LogP contribution in [0.15, 0.2) is 0 Å². The third-order valence-corrected chi connectivity index (χ3v) is 4.64. The van der Waals surface area contributed by atoms with Crippen molar-refractivity contribution in [1.82, 2.24) is 10.3 Å². The number of aromatic nitrogens is 1. The van der Waals surface area contributed by atoms with Crippen LogP contribution in [0.25, 0.3) is 0 Å². The summed E-state index contributed by atoms with van der Waals surface area (Å²) >= 11 is 1.98. The maximum Gasteiger partial charge on any atom is 0.0962 e. The highest BCUT2D eigenvalue weighted by Crippen LogP contribution is 2.37. The molecule has 1 aliphatic heterocycles. The lowest BCUT2D eigenvalue weighted by atomic mass is 10.1. The van der Waals surface area contributed by atoms with Gasteiger partial charge in [-0.2, -0.15) is 0 Å². The lowest BCUT2D eigenvalue weighted by Gasteiger charge is -2.09. The molecule has 1 aromatic heterocycles. The maximum absolute atomic E-state index is 4.79. The molecule has 0 radical (unpaired) electrons. The van der Waals surface area contributed by atoms with E-state index >= 15 is 0 Å². The van der Waals surface area contributed by atoms with Crippen molar-refractivity contribution in [2.24, 2.45) is 0 Å². The standard InChI is InChI=1S/C11H16N2S/c1-2-4-8(3-1)11-13-9-7-12-6-5-10(9)14-11/h8,12H,1-7H2. The molecule has 2 aliphatic rings. The summed E-state index contributed by atoms with van der Waals surface area (Å²) in [5.74, 6) is 0.797. The Morgan fingerprint density at radius 3 is 2.93 bits per heavy atom. The van der Waals surface area contributed by atoms with Gasteiger partial charge in [0.1, 0.15) is 0 Å². The molecule has 1 N–H and O–H groups in total. The first kappa shape index (κ1) is 8.86. The summed E-state index contributed by atoms with van der Waals surface area (Å²) in [6.45, 7) is 2.14. The zero-order chi connectivity index (χ0) is 9.38. The number of nitrogens with one attached hydrogen (secondary N) is 1. The summed E-state index contributed by atoms with van der Waals surface area (Å²) in [5.41, 5.74) is 1.34. The van der Waals surface area contributed by atoms with Gasteiger partial charge >= 0.3 is 0 Å². The van der Waals surface area contributed by atoms with E-state index in [9.17, 15) is 0 Å². The molecular weight excluding hydrogens is 192 g/mol. The molecule has 3 heteroatoms. The lowest BCUT2D eigenvalue weighted by Crippen LogP contribution is -2.22. The van der Waals surface area contributed by atoms with Crippen molar-refractivity contribution >= 4 is 11.3 Å². The largest absolute Gasteiger partial charge is 0.311 e. The van der Waals surface area contributed by atoms with E-state index in [4.69, 9.17) is 4.98 Å². The highest BCUT2D eigenvalue weighted by Gasteiger charge is 2.23. The van der Waals surface area contributed by atoms with E-state index in [-0.39, 0.29) is 0 Å². The Labute approximate surface area is 88.7 Å². The van der Waals surface area contributed by atoms with E-state index in [0.717, 1.165) is 19.0 Å². The van der Waals surface area contributed by atoms with Gasteiger partial charge in [0.2, 0.25) is 0 Å². The third-order valence-electron chi connectivity index (χ3n) is 3.32. The number of fused-ring (bicyclic) bond motifs is 1. The molecule has 0 saturated heterocycles. The third kappa shape index (κ3) is 1.48. The molecule has 14 heavy (non-hydrogen) atoms. The molecule has 0 aromatic carbocycles. The first-order valence-electron chi connectivity index (χ1n) is 5.62. The van der Waals surface area contributed by atoms with Crippen LogP contribution < -0.4 is 5.32 Å². The van der Waals surface area contributed by atoms with Crippen molar-refractivity contribution in [3.8, 4) is 0 Å². The second-order valence-electron chi connectivity index (χ2n) is 4.33. The molecule has 1 fully saturated rings. The van der Waals surface area contributed by atoms with Crippen LogP contribution >= 0.6 is 11.3 Å². The smallest absolute Gasteiger partial charge is 0.0962 e. The molecule has 0 spiro atoms. The molecule has 0 amide bonds. The number of thiazole rings is 1. The summed E-state index contributed by atoms with van der Waals surface area (Å²) in [6.07, 6.45) is 6.76. The van der Waals surface area contributed by atoms with Gasteiger partial charge in [0.05, 0.1) is 10.7 Å². The van der Waals surface area contributed by atoms with E-state index < -0.39 is 0 Å². The Hall–Kier alpha value is -0.410. The molecular formula is C11H16N2S. The van der Waals surface area contributed by atoms with Crippen LogP contribution in [0, 0.1) is 0 Å². The van der Waals surface area contributed by atoms with Crippen LogP contribution in [0.2, 0.25) is 0 Å². The average Bonchev–Trinajstić information content (AvgIpc) is 2.86. The monoisotopic (exact) mass is 208 g/mol. The van der Waals surface area contributed by atoms with Crippen LogP contribution in [0.5, 0.6) is 0 Å². The Balaban J connectivity index is 1.87. The predicted octanol–water partition coefficient (Wildman–Crippen LogP) is 2.45. The SMILES string of the molecule is C1CCC(c2nc3c(s2)CCNC3)C1. The van der Waals surface area contributed by atoms with Gasteiger partial charge < -0.3 is 5.32 Å². The number of hydrogen-bond donors (Lipinski definition) is 1. The maximum atomic E-state index is 4.79. The molecule has 76 valence electrons. The normalized spacial score (nSPS) is 22.6. The Morgan fingerprint density at radius 2 is 2.14 bits per heavy atom. The minimum absolute atomic E-state index is 0.797. The highest BCUT2D eigenvalue weighted by molar-refractivity contribution is 7.11. The van der Waals surface area contributed by atoms with Gasteiger partial charge in [0, 0.05) is 23.9 Å². The molecule has 3 rings (SSSR count). The van der Waals surface area contributed by atoms with Gasteiger partial charge in [-0.15, -0.1) is 11.3 Å². The second kappa shape index (κ2) is 3.63. The second-order valence-corrected chi connectivity index (χ2v) is 5.45. The molecule has 0 bridgehead atoms. The van der Waals surface area contributed by atoms with Gasteiger partial charge in [-0.25, -0.2) is 4.98 Å². The molecule has 0 unspecified atom stereocenters. The van der Waals surface area contributed by atoms with Gasteiger partial charge in [-0.05, 0) is 19.3 Å². The van der Waals surface area contributed by atoms with Crippen LogP contribution in [-0.2, 0) is 13.0 Å². The van der Waals surface area contributed by atoms with E-state index in [1.165, 1.54) is 42.8 Å². The number of hydrogen-bond acceptors (Lipinski definition) is 3. The number of nitrogens with zero attached hydrogens (tertiary/aromatic N) is 1. The first-order valence-corrected chi connectivity index (χ1v) is 6.44. The van der Waals surface area contributed by atoms with Crippen molar-refractivity contribution in [1.29, 1.82) is 0 Å². The van der Waals surface area contributed by atoms with Crippen LogP contribution in [0.3, 0.4) is 0 Å². The van der Waals surface area contributed by atoms with Crippen molar-refractivity contribution in [3.05, 3.63) is 15.6 Å². The van der Waals surface area contributed by atoms with Gasteiger partial charge in [0.15, 0.2) is 0 Å². The minimum atomic E-state index is 0.797. The van der Waals surface area contributed by atoms with E-state index in [1.54, 1.807) is 4.88 Å². The fraction of sp³-hybridized carbons (Fsp3) is 0.727. The summed E-state index contributed by atoms with van der Waals surface area (Å²) in [4.78, 5) is 6.34. The van der Waals surface area contributed by atoms with E-state index in [0.29, 0.717) is 0 Å². The topological polar surface area (TPSA) is 24.9 Å². The quantitative estimate of drug-likeness (QED) is 0.767. The fourth-order valence-electron chi connectivity index (χ4n) is 2.49. The minimum Gasteiger partial charge on any atom is -0.311 e. The zero-order valence-electron chi connectivity index (χ0n) is 8.38. The molecule has 2 heterocycles. The fourth-order valence-corrected chi connectivity index (χ4v) is 3.74. The summed E-state index contributed by atoms with van der Waals surface area (Å²) in [7, 11) is 0. The van der Waals surface area contributed by atoms with Gasteiger partial charge in [-0.1, -0.05) is 12.8 Å². The summed E-state index contributed by atoms with van der Waals surface area (Å²) in [5, 5.41) is 4.82. The van der Waals surface area contributed by atoms with E-state index in [2.05, 4.69) is 5.32 Å². The highest BCUT2D eigenvalue weighted by atomic mass is 32.1. The molecule has 1 saturated carbocycles. The van der Waals surface area contributed by atoms with Crippen molar-refractivity contribution in [3.63, 3.8) is 0 Å². The zero-order valence-corrected chi connectivity index (χ0v) is 9.20. The van der Waals surface area contributed by atoms with Crippen LogP contribution in [0.1, 0.15) is 47.2 Å². The van der Waals surface area contributed by atoms with Crippen LogP contribution in [-0.4, -0.2) is 11.5 Å². The summed E-state index contributed by atoms with van der Waals surface area (Å²) in [6, 6.07) is 0. The van der Waals surface area contributed by atoms with Gasteiger partial charge in [-0.3, -0.25) is 0 Å². The van der Waals surface area contributed by atoms with Crippen molar-refractivity contribution in [2.45, 2.75) is 44.6 Å². The first-order chi connectivity index (χ1) is 6.93. The van der Waals surface area contributed by atoms with Crippen LogP contribution in [0.4, 0.5) is 0 Å².